The van der Waals surface area contributed by atoms with Crippen molar-refractivity contribution in [2.75, 3.05) is 6.54 Å². The van der Waals surface area contributed by atoms with Crippen molar-refractivity contribution in [3.8, 4) is 0 Å². The molecule has 1 fully saturated rings. The van der Waals surface area contributed by atoms with Gasteiger partial charge in [0.1, 0.15) is 12.4 Å². The Hall–Kier alpha value is -2.60. The van der Waals surface area contributed by atoms with E-state index < -0.39 is 12.2 Å². The lowest BCUT2D eigenvalue weighted by Crippen LogP contribution is -2.35. The van der Waals surface area contributed by atoms with Crippen molar-refractivity contribution in [1.82, 2.24) is 14.5 Å². The second-order valence-electron chi connectivity index (χ2n) is 5.90. The molecule has 6 nitrogen and oxygen atoms in total. The van der Waals surface area contributed by atoms with Crippen LogP contribution in [0.2, 0.25) is 0 Å². The number of imidazole rings is 1. The summed E-state index contributed by atoms with van der Waals surface area (Å²) < 4.78 is 7.26. The Balaban J connectivity index is 1.63. The Bertz CT molecular complexity index is 711. The number of hydrogen-bond donors (Lipinski definition) is 1. The van der Waals surface area contributed by atoms with Gasteiger partial charge in [0, 0.05) is 19.4 Å². The van der Waals surface area contributed by atoms with Gasteiger partial charge in [-0.15, -0.1) is 0 Å². The van der Waals surface area contributed by atoms with Gasteiger partial charge in [0.15, 0.2) is 0 Å². The van der Waals surface area contributed by atoms with Crippen molar-refractivity contribution in [3.63, 3.8) is 0 Å². The van der Waals surface area contributed by atoms with Crippen LogP contribution in [0.1, 0.15) is 17.8 Å². The predicted octanol–water partition coefficient (Wildman–Crippen LogP) is 2.21. The molecule has 1 aliphatic rings. The quantitative estimate of drug-likeness (QED) is 0.935. The van der Waals surface area contributed by atoms with Gasteiger partial charge in [-0.2, -0.15) is 0 Å². The zero-order chi connectivity index (χ0) is 16.9. The number of aliphatic hydroxyl groups is 1. The number of aryl methyl sites for hydroxylation is 1. The molecule has 2 heterocycles. The number of carbonyl (C=O) groups excluding carboxylic acids is 1. The number of nitrogens with zero attached hydrogens (tertiary/aromatic N) is 3. The van der Waals surface area contributed by atoms with Gasteiger partial charge in [-0.1, -0.05) is 36.4 Å². The van der Waals surface area contributed by atoms with Gasteiger partial charge in [-0.05, 0) is 18.1 Å². The van der Waals surface area contributed by atoms with Crippen LogP contribution in [0.5, 0.6) is 0 Å². The first-order chi connectivity index (χ1) is 11.6. The molecule has 1 aliphatic heterocycles. The van der Waals surface area contributed by atoms with Gasteiger partial charge in [-0.25, -0.2) is 9.78 Å². The molecule has 6 heteroatoms. The number of β-amino-alcohol motifs (C(OH)–C–C–N with tert-alkyl or cyclic N) is 1. The average Bonchev–Trinajstić information content (AvgIpc) is 3.17. The van der Waals surface area contributed by atoms with Gasteiger partial charge in [0.05, 0.1) is 18.7 Å². The number of rotatable bonds is 4. The third-order valence-corrected chi connectivity index (χ3v) is 4.09. The lowest BCUT2D eigenvalue weighted by Gasteiger charge is -2.21. The Labute approximate surface area is 141 Å². The van der Waals surface area contributed by atoms with E-state index in [1.807, 2.05) is 60.3 Å². The van der Waals surface area contributed by atoms with Crippen LogP contribution in [-0.2, 0) is 18.4 Å². The number of likely N-dealkylation sites (tertiary alicyclic amines) is 1. The first-order valence-corrected chi connectivity index (χ1v) is 7.94. The van der Waals surface area contributed by atoms with E-state index in [-0.39, 0.29) is 19.2 Å². The summed E-state index contributed by atoms with van der Waals surface area (Å²) in [5.41, 5.74) is 0.936. The third kappa shape index (κ3) is 3.83. The molecule has 1 amide bonds. The number of ether oxygens (including phenoxy) is 1. The summed E-state index contributed by atoms with van der Waals surface area (Å²) in [5, 5.41) is 9.91. The largest absolute Gasteiger partial charge is 0.445 e. The fourth-order valence-corrected chi connectivity index (χ4v) is 2.77. The van der Waals surface area contributed by atoms with Gasteiger partial charge in [0.2, 0.25) is 0 Å². The first kappa shape index (κ1) is 16.3. The smallest absolute Gasteiger partial charge is 0.410 e. The van der Waals surface area contributed by atoms with Crippen molar-refractivity contribution in [1.29, 1.82) is 0 Å². The highest BCUT2D eigenvalue weighted by molar-refractivity contribution is 5.69. The molecule has 1 aromatic heterocycles. The van der Waals surface area contributed by atoms with E-state index in [4.69, 9.17) is 4.74 Å². The second kappa shape index (κ2) is 7.31. The molecule has 1 N–H and O–H groups in total. The van der Waals surface area contributed by atoms with E-state index >= 15 is 0 Å². The van der Waals surface area contributed by atoms with Gasteiger partial charge in [0.25, 0.3) is 0 Å². The number of amides is 1. The summed E-state index contributed by atoms with van der Waals surface area (Å²) in [7, 11) is 1.90. The molecule has 1 aromatic carbocycles. The van der Waals surface area contributed by atoms with Crippen LogP contribution in [0.25, 0.3) is 6.08 Å². The summed E-state index contributed by atoms with van der Waals surface area (Å²) in [6.07, 6.45) is 6.88. The van der Waals surface area contributed by atoms with Crippen molar-refractivity contribution in [2.45, 2.75) is 25.2 Å². The average molecular weight is 327 g/mol. The minimum atomic E-state index is -0.537. The van der Waals surface area contributed by atoms with Crippen LogP contribution in [-0.4, -0.2) is 44.3 Å². The molecule has 2 atom stereocenters. The minimum Gasteiger partial charge on any atom is -0.445 e. The molecule has 0 spiro atoms. The highest BCUT2D eigenvalue weighted by Gasteiger charge is 2.33. The number of benzene rings is 1. The summed E-state index contributed by atoms with van der Waals surface area (Å²) in [6, 6.07) is 9.35. The van der Waals surface area contributed by atoms with E-state index in [9.17, 15) is 9.90 Å². The Morgan fingerprint density at radius 3 is 2.92 bits per heavy atom. The number of aromatic nitrogens is 2. The number of aliphatic hydroxyl groups excluding tert-OH is 1. The monoisotopic (exact) mass is 327 g/mol. The zero-order valence-corrected chi connectivity index (χ0v) is 13.6. The van der Waals surface area contributed by atoms with Gasteiger partial charge >= 0.3 is 6.09 Å². The molecule has 0 saturated carbocycles. The van der Waals surface area contributed by atoms with Crippen LogP contribution in [0.3, 0.4) is 0 Å². The van der Waals surface area contributed by atoms with Gasteiger partial charge in [-0.3, -0.25) is 4.90 Å². The van der Waals surface area contributed by atoms with Crippen LogP contribution >= 0.6 is 0 Å². The van der Waals surface area contributed by atoms with Crippen molar-refractivity contribution in [2.24, 2.45) is 7.05 Å². The van der Waals surface area contributed by atoms with Crippen LogP contribution < -0.4 is 0 Å². The maximum absolute atomic E-state index is 12.3. The van der Waals surface area contributed by atoms with Gasteiger partial charge < -0.3 is 14.4 Å². The van der Waals surface area contributed by atoms with E-state index in [0.717, 1.165) is 11.4 Å². The molecule has 2 aromatic rings. The molecule has 3 rings (SSSR count). The predicted molar refractivity (Wildman–Crippen MR) is 90.0 cm³/mol. The van der Waals surface area contributed by atoms with Crippen LogP contribution in [0.15, 0.2) is 48.8 Å². The maximum atomic E-state index is 12.3. The lowest BCUT2D eigenvalue weighted by atomic mass is 10.2. The van der Waals surface area contributed by atoms with E-state index in [1.54, 1.807) is 11.1 Å². The first-order valence-electron chi connectivity index (χ1n) is 7.94. The molecule has 0 bridgehead atoms. The Morgan fingerprint density at radius 1 is 1.42 bits per heavy atom. The third-order valence-electron chi connectivity index (χ3n) is 4.09. The minimum absolute atomic E-state index is 0.194. The second-order valence-corrected chi connectivity index (χ2v) is 5.90. The zero-order valence-electron chi connectivity index (χ0n) is 13.6. The summed E-state index contributed by atoms with van der Waals surface area (Å²) in [4.78, 5) is 18.1. The summed E-state index contributed by atoms with van der Waals surface area (Å²) in [5.74, 6) is 0.800. The lowest BCUT2D eigenvalue weighted by molar-refractivity contribution is 0.0920. The topological polar surface area (TPSA) is 67.6 Å². The molecular weight excluding hydrogens is 306 g/mol. The molecule has 1 saturated heterocycles. The molecule has 0 aliphatic carbocycles. The Kier molecular flexibility index (Phi) is 4.96. The Morgan fingerprint density at radius 2 is 2.21 bits per heavy atom. The fourth-order valence-electron chi connectivity index (χ4n) is 2.77. The number of carbonyl (C=O) groups is 1. The molecule has 24 heavy (non-hydrogen) atoms. The van der Waals surface area contributed by atoms with Crippen LogP contribution in [0.4, 0.5) is 4.79 Å². The highest BCUT2D eigenvalue weighted by atomic mass is 16.6. The molecule has 126 valence electrons. The van der Waals surface area contributed by atoms with Crippen molar-refractivity contribution >= 4 is 12.2 Å². The molecule has 0 radical (unpaired) electrons. The summed E-state index contributed by atoms with van der Waals surface area (Å²) in [6.45, 7) is 0.505. The van der Waals surface area contributed by atoms with E-state index in [1.165, 1.54) is 0 Å². The van der Waals surface area contributed by atoms with E-state index in [0.29, 0.717) is 6.42 Å². The van der Waals surface area contributed by atoms with Crippen molar-refractivity contribution in [3.05, 3.63) is 60.2 Å². The fraction of sp³-hybridized carbons (Fsp3) is 0.333. The molecule has 0 unspecified atom stereocenters. The summed E-state index contributed by atoms with van der Waals surface area (Å²) >= 11 is 0. The molecular formula is C18H21N3O3. The van der Waals surface area contributed by atoms with Crippen molar-refractivity contribution < 1.29 is 14.6 Å². The highest BCUT2D eigenvalue weighted by Crippen LogP contribution is 2.21. The number of hydrogen-bond acceptors (Lipinski definition) is 4. The van der Waals surface area contributed by atoms with E-state index in [2.05, 4.69) is 4.98 Å². The standard InChI is InChI=1S/C18H21N3O3/c1-20-10-9-19-17(20)8-7-15-11-16(22)12-21(15)18(23)24-13-14-5-3-2-4-6-14/h2-10,15-16,22H,11-13H2,1H3/t15-,16-/m1/s1. The normalized spacial score (nSPS) is 20.7. The maximum Gasteiger partial charge on any atom is 0.410 e. The SMILES string of the molecule is Cn1ccnc1C=C[C@@H]1C[C@@H](O)CN1C(=O)OCc1ccccc1. The van der Waals surface area contributed by atoms with Crippen LogP contribution in [0, 0.1) is 0 Å².